The smallest absolute Gasteiger partial charge is 0.266 e. The van der Waals surface area contributed by atoms with Crippen molar-refractivity contribution < 1.29 is 4.74 Å². The van der Waals surface area contributed by atoms with E-state index in [1.54, 1.807) is 6.20 Å². The molecule has 0 amide bonds. The van der Waals surface area contributed by atoms with Crippen LogP contribution in [0.15, 0.2) is 103 Å². The third-order valence-electron chi connectivity index (χ3n) is 7.13. The van der Waals surface area contributed by atoms with Gasteiger partial charge in [0.15, 0.2) is 0 Å². The third kappa shape index (κ3) is 4.39. The Morgan fingerprint density at radius 2 is 1.32 bits per heavy atom. The topological polar surface area (TPSA) is 41.5 Å². The number of fused-ring (bicyclic) bond motifs is 3. The summed E-state index contributed by atoms with van der Waals surface area (Å²) in [5.74, 6) is 1.33. The minimum atomic E-state index is 0.0819. The first kappa shape index (κ1) is 23.8. The Kier molecular flexibility index (Phi) is 6.08. The van der Waals surface area contributed by atoms with Crippen LogP contribution in [0, 0.1) is 0 Å². The zero-order chi connectivity index (χ0) is 26.2. The van der Waals surface area contributed by atoms with Crippen LogP contribution in [0.5, 0.6) is 11.6 Å². The van der Waals surface area contributed by atoms with Gasteiger partial charge in [-0.1, -0.05) is 65.5 Å². The molecule has 0 spiro atoms. The minimum absolute atomic E-state index is 0.0819. The zero-order valence-corrected chi connectivity index (χ0v) is 22.1. The fourth-order valence-corrected chi connectivity index (χ4v) is 5.17. The largest absolute Gasteiger partial charge is 0.439 e. The van der Waals surface area contributed by atoms with Crippen molar-refractivity contribution in [3.8, 4) is 33.9 Å². The van der Waals surface area contributed by atoms with E-state index < -0.39 is 0 Å². The molecule has 6 heteroatoms. The van der Waals surface area contributed by atoms with E-state index >= 15 is 0 Å². The average molecular weight is 496 g/mol. The predicted molar refractivity (Wildman–Crippen MR) is 159 cm³/mol. The molecule has 38 heavy (non-hydrogen) atoms. The first-order valence-electron chi connectivity index (χ1n) is 12.8. The lowest BCUT2D eigenvalue weighted by Gasteiger charge is -2.16. The molecule has 0 unspecified atom stereocenters. The summed E-state index contributed by atoms with van der Waals surface area (Å²) in [6, 6.07) is 31.8. The normalized spacial score (nSPS) is 11.6. The van der Waals surface area contributed by atoms with Gasteiger partial charge in [0.1, 0.15) is 5.75 Å². The first-order chi connectivity index (χ1) is 18.5. The van der Waals surface area contributed by atoms with Gasteiger partial charge in [0.25, 0.3) is 6.71 Å². The van der Waals surface area contributed by atoms with Gasteiger partial charge in [-0.3, -0.25) is 4.98 Å². The molecule has 0 atom stereocenters. The van der Waals surface area contributed by atoms with E-state index in [1.807, 2.05) is 49.5 Å². The molecule has 0 radical (unpaired) electrons. The van der Waals surface area contributed by atoms with Crippen molar-refractivity contribution in [2.45, 2.75) is 0 Å². The van der Waals surface area contributed by atoms with Crippen LogP contribution < -0.4 is 31.1 Å². The van der Waals surface area contributed by atoms with Crippen LogP contribution in [0.2, 0.25) is 0 Å². The van der Waals surface area contributed by atoms with Crippen molar-refractivity contribution >= 4 is 34.6 Å². The van der Waals surface area contributed by atoms with Gasteiger partial charge in [0, 0.05) is 63.6 Å². The summed E-state index contributed by atoms with van der Waals surface area (Å²) in [6.45, 7) is 0.0819. The molecule has 0 fully saturated rings. The summed E-state index contributed by atoms with van der Waals surface area (Å²) in [6.07, 6.45) is 3.68. The van der Waals surface area contributed by atoms with Crippen molar-refractivity contribution in [3.63, 3.8) is 0 Å². The highest BCUT2D eigenvalue weighted by Crippen LogP contribution is 2.31. The van der Waals surface area contributed by atoms with Gasteiger partial charge in [-0.2, -0.15) is 0 Å². The molecule has 3 aromatic carbocycles. The van der Waals surface area contributed by atoms with Crippen LogP contribution in [0.25, 0.3) is 22.3 Å². The summed E-state index contributed by atoms with van der Waals surface area (Å²) in [5.41, 5.74) is 10.6. The fraction of sp³-hybridized carbons (Fsp3) is 0.125. The van der Waals surface area contributed by atoms with Crippen LogP contribution in [0.1, 0.15) is 0 Å². The van der Waals surface area contributed by atoms with E-state index in [-0.39, 0.29) is 6.71 Å². The second-order valence-corrected chi connectivity index (χ2v) is 10.0. The SMILES string of the molecule is CN(C)c1ccnc(Oc2cccc(-c3ccc4c(c3)B(c3cc(N(C)C)ccn3)c3ccccc3-4)c2)c1. The van der Waals surface area contributed by atoms with Crippen LogP contribution in [-0.2, 0) is 0 Å². The minimum Gasteiger partial charge on any atom is -0.439 e. The molecule has 0 aliphatic carbocycles. The Labute approximate surface area is 224 Å². The van der Waals surface area contributed by atoms with Crippen LogP contribution >= 0.6 is 0 Å². The molecule has 1 aliphatic rings. The standard InChI is InChI=1S/C32H29BN4O/c1-36(2)24-14-16-34-31(20-24)33-29-11-6-5-10-27(29)28-13-12-23(19-30(28)33)22-8-7-9-26(18-22)38-32-21-25(37(3)4)15-17-35-32/h5-21H,1-4H3. The summed E-state index contributed by atoms with van der Waals surface area (Å²) in [7, 11) is 8.14. The van der Waals surface area contributed by atoms with Crippen molar-refractivity contribution in [3.05, 3.63) is 103 Å². The number of nitrogens with zero attached hydrogens (tertiary/aromatic N) is 4. The number of ether oxygens (including phenoxy) is 1. The predicted octanol–water partition coefficient (Wildman–Crippen LogP) is 4.56. The van der Waals surface area contributed by atoms with Gasteiger partial charge in [0.05, 0.1) is 0 Å². The molecule has 0 bridgehead atoms. The highest BCUT2D eigenvalue weighted by molar-refractivity contribution is 6.98. The lowest BCUT2D eigenvalue weighted by molar-refractivity contribution is 0.463. The van der Waals surface area contributed by atoms with Crippen molar-refractivity contribution in [2.75, 3.05) is 38.0 Å². The molecule has 5 nitrogen and oxygen atoms in total. The Bertz CT molecular complexity index is 1630. The van der Waals surface area contributed by atoms with Gasteiger partial charge < -0.3 is 14.5 Å². The van der Waals surface area contributed by atoms with Gasteiger partial charge in [-0.15, -0.1) is 0 Å². The average Bonchev–Trinajstić information content (AvgIpc) is 3.27. The Morgan fingerprint density at radius 3 is 2.13 bits per heavy atom. The lowest BCUT2D eigenvalue weighted by atomic mass is 9.40. The number of pyridine rings is 2. The molecule has 0 N–H and O–H groups in total. The van der Waals surface area contributed by atoms with Crippen LogP contribution in [0.4, 0.5) is 11.4 Å². The fourth-order valence-electron chi connectivity index (χ4n) is 5.17. The third-order valence-corrected chi connectivity index (χ3v) is 7.13. The molecule has 0 saturated carbocycles. The number of anilines is 2. The Hall–Kier alpha value is -4.58. The summed E-state index contributed by atoms with van der Waals surface area (Å²) < 4.78 is 6.15. The van der Waals surface area contributed by atoms with E-state index in [0.29, 0.717) is 5.88 Å². The van der Waals surface area contributed by atoms with Crippen molar-refractivity contribution in [2.24, 2.45) is 0 Å². The quantitative estimate of drug-likeness (QED) is 0.316. The van der Waals surface area contributed by atoms with Gasteiger partial charge >= 0.3 is 0 Å². The highest BCUT2D eigenvalue weighted by Gasteiger charge is 2.34. The first-order valence-corrected chi connectivity index (χ1v) is 12.8. The number of aromatic nitrogens is 2. The molecule has 3 heterocycles. The number of rotatable bonds is 6. The molecule has 186 valence electrons. The number of hydrogen-bond donors (Lipinski definition) is 0. The van der Waals surface area contributed by atoms with E-state index in [9.17, 15) is 0 Å². The van der Waals surface area contributed by atoms with Gasteiger partial charge in [-0.05, 0) is 52.6 Å². The summed E-state index contributed by atoms with van der Waals surface area (Å²) in [5, 5.41) is 0. The molecular formula is C32H29BN4O. The van der Waals surface area contributed by atoms with Gasteiger partial charge in [-0.25, -0.2) is 4.98 Å². The number of hydrogen-bond acceptors (Lipinski definition) is 5. The monoisotopic (exact) mass is 496 g/mol. The zero-order valence-electron chi connectivity index (χ0n) is 22.1. The number of benzene rings is 3. The summed E-state index contributed by atoms with van der Waals surface area (Å²) in [4.78, 5) is 13.4. The van der Waals surface area contributed by atoms with Crippen molar-refractivity contribution in [1.82, 2.24) is 9.97 Å². The maximum absolute atomic E-state index is 6.15. The van der Waals surface area contributed by atoms with E-state index in [1.165, 1.54) is 22.1 Å². The second kappa shape index (κ2) is 9.71. The van der Waals surface area contributed by atoms with E-state index in [0.717, 1.165) is 33.8 Å². The molecule has 0 saturated heterocycles. The molecule has 2 aromatic heterocycles. The van der Waals surface area contributed by atoms with Crippen LogP contribution in [0.3, 0.4) is 0 Å². The highest BCUT2D eigenvalue weighted by atomic mass is 16.5. The molecule has 1 aliphatic heterocycles. The van der Waals surface area contributed by atoms with Crippen molar-refractivity contribution in [1.29, 1.82) is 0 Å². The lowest BCUT2D eigenvalue weighted by Crippen LogP contribution is -2.50. The van der Waals surface area contributed by atoms with E-state index in [2.05, 4.69) is 90.7 Å². The van der Waals surface area contributed by atoms with E-state index in [4.69, 9.17) is 9.72 Å². The molecule has 6 rings (SSSR count). The molecule has 5 aromatic rings. The molecular weight excluding hydrogens is 467 g/mol. The Morgan fingerprint density at radius 1 is 0.605 bits per heavy atom. The second-order valence-electron chi connectivity index (χ2n) is 10.0. The van der Waals surface area contributed by atoms with Gasteiger partial charge in [0.2, 0.25) is 5.88 Å². The Balaban J connectivity index is 1.39. The maximum Gasteiger partial charge on any atom is 0.266 e. The van der Waals surface area contributed by atoms with Crippen LogP contribution in [-0.4, -0.2) is 44.9 Å². The maximum atomic E-state index is 6.15. The summed E-state index contributed by atoms with van der Waals surface area (Å²) >= 11 is 0.